The van der Waals surface area contributed by atoms with Gasteiger partial charge in [-0.3, -0.25) is 0 Å². The van der Waals surface area contributed by atoms with Gasteiger partial charge in [-0.2, -0.15) is 0 Å². The fourth-order valence-electron chi connectivity index (χ4n) is 1.40. The van der Waals surface area contributed by atoms with Crippen molar-refractivity contribution in [3.63, 3.8) is 0 Å². The summed E-state index contributed by atoms with van der Waals surface area (Å²) in [5, 5.41) is 0. The van der Waals surface area contributed by atoms with Gasteiger partial charge in [0, 0.05) is 4.87 Å². The van der Waals surface area contributed by atoms with Crippen LogP contribution in [-0.4, -0.2) is 4.87 Å². The first-order valence-corrected chi connectivity index (χ1v) is 5.01. The monoisotopic (exact) mass is 196 g/mol. The standard InChI is InChI=1S/C12H17Cl/c1-9-5-6-11(7-10(9)2)8-12(3,4)13/h5-7H,8H2,1-4H3. The smallest absolute Gasteiger partial charge is 0.0430 e. The Kier molecular flexibility index (Phi) is 3.02. The zero-order chi connectivity index (χ0) is 10.1. The average molecular weight is 197 g/mol. The fraction of sp³-hybridized carbons (Fsp3) is 0.500. The quantitative estimate of drug-likeness (QED) is 0.631. The van der Waals surface area contributed by atoms with Gasteiger partial charge in [0.25, 0.3) is 0 Å². The maximum Gasteiger partial charge on any atom is 0.0430 e. The van der Waals surface area contributed by atoms with Gasteiger partial charge in [0.05, 0.1) is 0 Å². The van der Waals surface area contributed by atoms with Crippen LogP contribution in [0.25, 0.3) is 0 Å². The summed E-state index contributed by atoms with van der Waals surface area (Å²) in [6.07, 6.45) is 0.926. The van der Waals surface area contributed by atoms with Gasteiger partial charge >= 0.3 is 0 Å². The molecule has 13 heavy (non-hydrogen) atoms. The molecule has 0 atom stereocenters. The maximum absolute atomic E-state index is 6.16. The number of aryl methyl sites for hydroxylation is 2. The second-order valence-electron chi connectivity index (χ2n) is 4.31. The summed E-state index contributed by atoms with van der Waals surface area (Å²) < 4.78 is 0. The maximum atomic E-state index is 6.16. The molecule has 0 aliphatic heterocycles. The van der Waals surface area contributed by atoms with Crippen LogP contribution < -0.4 is 0 Å². The first-order valence-electron chi connectivity index (χ1n) is 4.63. The summed E-state index contributed by atoms with van der Waals surface area (Å²) in [5.41, 5.74) is 4.01. The molecule has 0 N–H and O–H groups in total. The van der Waals surface area contributed by atoms with Crippen LogP contribution in [-0.2, 0) is 6.42 Å². The molecule has 1 heteroatoms. The average Bonchev–Trinajstić information content (AvgIpc) is 1.94. The Labute approximate surface area is 85.9 Å². The molecule has 0 radical (unpaired) electrons. The zero-order valence-corrected chi connectivity index (χ0v) is 9.57. The lowest BCUT2D eigenvalue weighted by Gasteiger charge is -2.16. The van der Waals surface area contributed by atoms with Crippen molar-refractivity contribution in [2.24, 2.45) is 0 Å². The van der Waals surface area contributed by atoms with Gasteiger partial charge in [0.15, 0.2) is 0 Å². The molecule has 0 aromatic heterocycles. The van der Waals surface area contributed by atoms with Crippen molar-refractivity contribution in [2.75, 3.05) is 0 Å². The van der Waals surface area contributed by atoms with E-state index in [2.05, 4.69) is 32.0 Å². The summed E-state index contributed by atoms with van der Waals surface area (Å²) in [5.74, 6) is 0. The van der Waals surface area contributed by atoms with Gasteiger partial charge in [0.1, 0.15) is 0 Å². The van der Waals surface area contributed by atoms with Gasteiger partial charge in [-0.15, -0.1) is 11.6 Å². The van der Waals surface area contributed by atoms with Gasteiger partial charge in [-0.1, -0.05) is 18.2 Å². The van der Waals surface area contributed by atoms with Gasteiger partial charge < -0.3 is 0 Å². The third-order valence-corrected chi connectivity index (χ3v) is 2.33. The lowest BCUT2D eigenvalue weighted by Crippen LogP contribution is -2.13. The van der Waals surface area contributed by atoms with Crippen molar-refractivity contribution in [2.45, 2.75) is 39.0 Å². The Balaban J connectivity index is 2.86. The second kappa shape index (κ2) is 3.71. The first kappa shape index (κ1) is 10.6. The normalized spacial score (nSPS) is 11.8. The molecule has 0 saturated carbocycles. The van der Waals surface area contributed by atoms with Crippen molar-refractivity contribution in [3.8, 4) is 0 Å². The van der Waals surface area contributed by atoms with E-state index >= 15 is 0 Å². The Morgan fingerprint density at radius 1 is 1.15 bits per heavy atom. The van der Waals surface area contributed by atoms with E-state index in [1.54, 1.807) is 0 Å². The van der Waals surface area contributed by atoms with Crippen molar-refractivity contribution in [3.05, 3.63) is 34.9 Å². The lowest BCUT2D eigenvalue weighted by atomic mass is 9.98. The molecule has 0 unspecified atom stereocenters. The molecule has 0 saturated heterocycles. The van der Waals surface area contributed by atoms with E-state index in [1.807, 2.05) is 13.8 Å². The van der Waals surface area contributed by atoms with E-state index in [9.17, 15) is 0 Å². The Morgan fingerprint density at radius 2 is 1.77 bits per heavy atom. The third kappa shape index (κ3) is 3.40. The molecule has 0 amide bonds. The molecular weight excluding hydrogens is 180 g/mol. The van der Waals surface area contributed by atoms with Gasteiger partial charge in [-0.05, 0) is 50.8 Å². The molecule has 0 fully saturated rings. The molecule has 0 aliphatic carbocycles. The van der Waals surface area contributed by atoms with E-state index < -0.39 is 0 Å². The van der Waals surface area contributed by atoms with E-state index in [0.717, 1.165) is 6.42 Å². The number of hydrogen-bond acceptors (Lipinski definition) is 0. The predicted octanol–water partition coefficient (Wildman–Crippen LogP) is 3.86. The predicted molar refractivity (Wildman–Crippen MR) is 59.6 cm³/mol. The number of rotatable bonds is 2. The van der Waals surface area contributed by atoms with Crippen LogP contribution in [0.5, 0.6) is 0 Å². The number of halogens is 1. The summed E-state index contributed by atoms with van der Waals surface area (Å²) >= 11 is 6.16. The number of hydrogen-bond donors (Lipinski definition) is 0. The van der Waals surface area contributed by atoms with E-state index in [0.29, 0.717) is 0 Å². The highest BCUT2D eigenvalue weighted by Crippen LogP contribution is 2.21. The SMILES string of the molecule is Cc1ccc(CC(C)(C)Cl)cc1C. The molecule has 0 aliphatic rings. The van der Waals surface area contributed by atoms with Crippen LogP contribution in [0.3, 0.4) is 0 Å². The molecular formula is C12H17Cl. The molecule has 0 bridgehead atoms. The molecule has 72 valence electrons. The summed E-state index contributed by atoms with van der Waals surface area (Å²) in [7, 11) is 0. The van der Waals surface area contributed by atoms with Crippen LogP contribution in [0.4, 0.5) is 0 Å². The Bertz CT molecular complexity index is 294. The minimum Gasteiger partial charge on any atom is -0.120 e. The van der Waals surface area contributed by atoms with Crippen LogP contribution in [0.2, 0.25) is 0 Å². The van der Waals surface area contributed by atoms with Crippen molar-refractivity contribution < 1.29 is 0 Å². The fourth-order valence-corrected chi connectivity index (χ4v) is 1.55. The molecule has 1 aromatic carbocycles. The molecule has 0 spiro atoms. The van der Waals surface area contributed by atoms with Crippen molar-refractivity contribution in [1.29, 1.82) is 0 Å². The topological polar surface area (TPSA) is 0 Å². The van der Waals surface area contributed by atoms with Gasteiger partial charge in [0.2, 0.25) is 0 Å². The molecule has 0 heterocycles. The van der Waals surface area contributed by atoms with E-state index in [4.69, 9.17) is 11.6 Å². The summed E-state index contributed by atoms with van der Waals surface area (Å²) in [4.78, 5) is -0.137. The highest BCUT2D eigenvalue weighted by molar-refractivity contribution is 6.23. The highest BCUT2D eigenvalue weighted by atomic mass is 35.5. The number of benzene rings is 1. The van der Waals surface area contributed by atoms with Crippen LogP contribution >= 0.6 is 11.6 Å². The van der Waals surface area contributed by atoms with Crippen LogP contribution in [0.15, 0.2) is 18.2 Å². The van der Waals surface area contributed by atoms with Crippen molar-refractivity contribution in [1.82, 2.24) is 0 Å². The minimum absolute atomic E-state index is 0.137. The highest BCUT2D eigenvalue weighted by Gasteiger charge is 2.13. The van der Waals surface area contributed by atoms with Crippen LogP contribution in [0.1, 0.15) is 30.5 Å². The van der Waals surface area contributed by atoms with Crippen LogP contribution in [0, 0.1) is 13.8 Å². The van der Waals surface area contributed by atoms with E-state index in [1.165, 1.54) is 16.7 Å². The molecule has 1 rings (SSSR count). The van der Waals surface area contributed by atoms with Crippen molar-refractivity contribution >= 4 is 11.6 Å². The molecule has 0 nitrogen and oxygen atoms in total. The third-order valence-electron chi connectivity index (χ3n) is 2.20. The minimum atomic E-state index is -0.137. The Morgan fingerprint density at radius 3 is 2.23 bits per heavy atom. The lowest BCUT2D eigenvalue weighted by molar-refractivity contribution is 0.693. The zero-order valence-electron chi connectivity index (χ0n) is 8.82. The largest absolute Gasteiger partial charge is 0.120 e. The van der Waals surface area contributed by atoms with Gasteiger partial charge in [-0.25, -0.2) is 0 Å². The number of alkyl halides is 1. The molecule has 1 aromatic rings. The second-order valence-corrected chi connectivity index (χ2v) is 5.34. The first-order chi connectivity index (χ1) is 5.88. The summed E-state index contributed by atoms with van der Waals surface area (Å²) in [6.45, 7) is 8.36. The van der Waals surface area contributed by atoms with E-state index in [-0.39, 0.29) is 4.87 Å². The Hall–Kier alpha value is -0.490. The summed E-state index contributed by atoms with van der Waals surface area (Å²) in [6, 6.07) is 6.54.